The van der Waals surface area contributed by atoms with Crippen LogP contribution in [0.25, 0.3) is 10.9 Å². The maximum Gasteiger partial charge on any atom is 0.0472 e. The van der Waals surface area contributed by atoms with Gasteiger partial charge < -0.3 is 10.3 Å². The van der Waals surface area contributed by atoms with Crippen LogP contribution in [0.15, 0.2) is 30.5 Å². The van der Waals surface area contributed by atoms with Crippen molar-refractivity contribution < 1.29 is 0 Å². The van der Waals surface area contributed by atoms with Crippen LogP contribution in [-0.2, 0) is 13.1 Å². The van der Waals surface area contributed by atoms with Crippen molar-refractivity contribution in [2.24, 2.45) is 0 Å². The molecule has 3 aromatic rings. The van der Waals surface area contributed by atoms with Crippen molar-refractivity contribution in [3.05, 3.63) is 56.4 Å². The molecule has 0 radical (unpaired) electrons. The Labute approximate surface area is 127 Å². The van der Waals surface area contributed by atoms with E-state index in [2.05, 4.69) is 42.5 Å². The van der Waals surface area contributed by atoms with Gasteiger partial charge in [0.25, 0.3) is 0 Å². The lowest BCUT2D eigenvalue weighted by Gasteiger charge is -2.02. The van der Waals surface area contributed by atoms with Crippen LogP contribution < -0.4 is 5.32 Å². The number of halogens is 1. The molecule has 2 heterocycles. The van der Waals surface area contributed by atoms with Gasteiger partial charge >= 0.3 is 0 Å². The minimum absolute atomic E-state index is 0.767. The first-order chi connectivity index (χ1) is 9.63. The molecule has 0 aliphatic rings. The highest BCUT2D eigenvalue weighted by atomic mass is 35.5. The quantitative estimate of drug-likeness (QED) is 0.712. The summed E-state index contributed by atoms with van der Waals surface area (Å²) < 4.78 is 0. The standard InChI is InChI=1S/C16H17ClN2S/c1-10-5-14(20-11(10)2)9-18-7-12-8-19-16-6-13(17)3-4-15(12)16/h3-6,8,18-19H,7,9H2,1-2H3. The lowest BCUT2D eigenvalue weighted by Crippen LogP contribution is -2.11. The third-order valence-electron chi connectivity index (χ3n) is 3.56. The Balaban J connectivity index is 1.68. The molecule has 0 spiro atoms. The molecule has 104 valence electrons. The van der Waals surface area contributed by atoms with Crippen LogP contribution in [0.4, 0.5) is 0 Å². The van der Waals surface area contributed by atoms with Crippen LogP contribution in [0.3, 0.4) is 0 Å². The molecule has 0 amide bonds. The summed E-state index contributed by atoms with van der Waals surface area (Å²) in [5.41, 5.74) is 3.76. The Bertz CT molecular complexity index is 723. The average Bonchev–Trinajstić information content (AvgIpc) is 2.94. The molecule has 0 aliphatic carbocycles. The van der Waals surface area contributed by atoms with Gasteiger partial charge in [0.2, 0.25) is 0 Å². The Hall–Kier alpha value is -1.29. The second kappa shape index (κ2) is 5.60. The van der Waals surface area contributed by atoms with E-state index in [4.69, 9.17) is 11.6 Å². The second-order valence-electron chi connectivity index (χ2n) is 5.06. The van der Waals surface area contributed by atoms with Crippen molar-refractivity contribution in [1.29, 1.82) is 0 Å². The smallest absolute Gasteiger partial charge is 0.0472 e. The Morgan fingerprint density at radius 3 is 2.80 bits per heavy atom. The number of aromatic nitrogens is 1. The fourth-order valence-electron chi connectivity index (χ4n) is 2.36. The first kappa shape index (κ1) is 13.7. The minimum atomic E-state index is 0.767. The maximum atomic E-state index is 6.00. The average molecular weight is 305 g/mol. The van der Waals surface area contributed by atoms with Crippen molar-refractivity contribution in [3.63, 3.8) is 0 Å². The van der Waals surface area contributed by atoms with Gasteiger partial charge in [-0.05, 0) is 43.2 Å². The Kier molecular flexibility index (Phi) is 3.83. The molecule has 0 saturated carbocycles. The van der Waals surface area contributed by atoms with E-state index in [1.165, 1.54) is 26.3 Å². The predicted octanol–water partition coefficient (Wildman–Crippen LogP) is 4.79. The monoisotopic (exact) mass is 304 g/mol. The van der Waals surface area contributed by atoms with Gasteiger partial charge in [-0.25, -0.2) is 0 Å². The normalized spacial score (nSPS) is 11.3. The van der Waals surface area contributed by atoms with Crippen molar-refractivity contribution in [3.8, 4) is 0 Å². The SMILES string of the molecule is Cc1cc(CNCc2c[nH]c3cc(Cl)ccc23)sc1C. The highest BCUT2D eigenvalue weighted by molar-refractivity contribution is 7.12. The van der Waals surface area contributed by atoms with Crippen LogP contribution in [-0.4, -0.2) is 4.98 Å². The van der Waals surface area contributed by atoms with Crippen LogP contribution in [0, 0.1) is 13.8 Å². The zero-order valence-corrected chi connectivity index (χ0v) is 13.2. The number of aryl methyl sites for hydroxylation is 2. The van der Waals surface area contributed by atoms with E-state index in [0.717, 1.165) is 23.6 Å². The maximum absolute atomic E-state index is 6.00. The highest BCUT2D eigenvalue weighted by Gasteiger charge is 2.05. The van der Waals surface area contributed by atoms with E-state index in [9.17, 15) is 0 Å². The molecule has 2 N–H and O–H groups in total. The number of thiophene rings is 1. The Morgan fingerprint density at radius 1 is 1.20 bits per heavy atom. The second-order valence-corrected chi connectivity index (χ2v) is 6.84. The summed E-state index contributed by atoms with van der Waals surface area (Å²) in [6.45, 7) is 6.11. The van der Waals surface area contributed by atoms with E-state index in [0.29, 0.717) is 0 Å². The molecular weight excluding hydrogens is 288 g/mol. The van der Waals surface area contributed by atoms with Crippen molar-refractivity contribution in [2.45, 2.75) is 26.9 Å². The zero-order chi connectivity index (χ0) is 14.1. The van der Waals surface area contributed by atoms with E-state index in [1.807, 2.05) is 23.5 Å². The molecule has 0 fully saturated rings. The summed E-state index contributed by atoms with van der Waals surface area (Å²) in [6.07, 6.45) is 2.05. The number of fused-ring (bicyclic) bond motifs is 1. The van der Waals surface area contributed by atoms with Crippen molar-refractivity contribution >= 4 is 33.8 Å². The summed E-state index contributed by atoms with van der Waals surface area (Å²) in [7, 11) is 0. The number of nitrogens with one attached hydrogen (secondary N) is 2. The number of benzene rings is 1. The molecule has 0 saturated heterocycles. The lowest BCUT2D eigenvalue weighted by molar-refractivity contribution is 0.704. The van der Waals surface area contributed by atoms with Crippen molar-refractivity contribution in [1.82, 2.24) is 10.3 Å². The molecule has 0 unspecified atom stereocenters. The topological polar surface area (TPSA) is 27.8 Å². The first-order valence-electron chi connectivity index (χ1n) is 6.65. The van der Waals surface area contributed by atoms with Gasteiger partial charge in [0.15, 0.2) is 0 Å². The molecule has 0 aliphatic heterocycles. The number of hydrogen-bond acceptors (Lipinski definition) is 2. The van der Waals surface area contributed by atoms with Crippen LogP contribution in [0.1, 0.15) is 20.9 Å². The summed E-state index contributed by atoms with van der Waals surface area (Å²) in [4.78, 5) is 6.07. The van der Waals surface area contributed by atoms with Gasteiger partial charge in [-0.15, -0.1) is 11.3 Å². The fourth-order valence-corrected chi connectivity index (χ4v) is 3.56. The van der Waals surface area contributed by atoms with Gasteiger partial charge in [-0.3, -0.25) is 0 Å². The fraction of sp³-hybridized carbons (Fsp3) is 0.250. The summed E-state index contributed by atoms with van der Waals surface area (Å²) >= 11 is 7.86. The van der Waals surface area contributed by atoms with E-state index in [-0.39, 0.29) is 0 Å². The molecular formula is C16H17ClN2S. The molecule has 2 nitrogen and oxygen atoms in total. The van der Waals surface area contributed by atoms with E-state index in [1.54, 1.807) is 0 Å². The summed E-state index contributed by atoms with van der Waals surface area (Å²) in [5.74, 6) is 0. The number of aromatic amines is 1. The third kappa shape index (κ3) is 2.75. The third-order valence-corrected chi connectivity index (χ3v) is 4.95. The van der Waals surface area contributed by atoms with Gasteiger partial charge in [0.05, 0.1) is 0 Å². The molecule has 0 bridgehead atoms. The molecule has 3 rings (SSSR count). The highest BCUT2D eigenvalue weighted by Crippen LogP contribution is 2.23. The van der Waals surface area contributed by atoms with Crippen LogP contribution >= 0.6 is 22.9 Å². The number of rotatable bonds is 4. The summed E-state index contributed by atoms with van der Waals surface area (Å²) in [5, 5.41) is 5.51. The number of H-pyrrole nitrogens is 1. The Morgan fingerprint density at radius 2 is 2.05 bits per heavy atom. The van der Waals surface area contributed by atoms with Crippen LogP contribution in [0.5, 0.6) is 0 Å². The number of hydrogen-bond donors (Lipinski definition) is 2. The van der Waals surface area contributed by atoms with E-state index >= 15 is 0 Å². The lowest BCUT2D eigenvalue weighted by atomic mass is 10.2. The molecule has 2 aromatic heterocycles. The molecule has 4 heteroatoms. The minimum Gasteiger partial charge on any atom is -0.361 e. The van der Waals surface area contributed by atoms with Gasteiger partial charge in [-0.1, -0.05) is 17.7 Å². The molecule has 1 aromatic carbocycles. The largest absolute Gasteiger partial charge is 0.361 e. The van der Waals surface area contributed by atoms with E-state index < -0.39 is 0 Å². The first-order valence-corrected chi connectivity index (χ1v) is 7.85. The summed E-state index contributed by atoms with van der Waals surface area (Å²) in [6, 6.07) is 8.24. The van der Waals surface area contributed by atoms with Crippen molar-refractivity contribution in [2.75, 3.05) is 0 Å². The predicted molar refractivity (Wildman–Crippen MR) is 87.6 cm³/mol. The zero-order valence-electron chi connectivity index (χ0n) is 11.6. The van der Waals surface area contributed by atoms with Gasteiger partial charge in [0, 0.05) is 45.0 Å². The molecule has 20 heavy (non-hydrogen) atoms. The molecule has 0 atom stereocenters. The van der Waals surface area contributed by atoms with Gasteiger partial charge in [0.1, 0.15) is 0 Å². The van der Waals surface area contributed by atoms with Gasteiger partial charge in [-0.2, -0.15) is 0 Å². The van der Waals surface area contributed by atoms with Crippen LogP contribution in [0.2, 0.25) is 5.02 Å².